The molecule has 0 fully saturated rings. The van der Waals surface area contributed by atoms with Crippen LogP contribution < -0.4 is 5.32 Å². The molecule has 2 aromatic rings. The number of phenols is 1. The van der Waals surface area contributed by atoms with Gasteiger partial charge in [0.1, 0.15) is 5.75 Å². The molecule has 1 atom stereocenters. The van der Waals surface area contributed by atoms with Gasteiger partial charge in [-0.1, -0.05) is 12.1 Å². The highest BCUT2D eigenvalue weighted by atomic mass is 127. The average Bonchev–Trinajstić information content (AvgIpc) is 2.82. The number of aromatic hydroxyl groups is 1. The highest BCUT2D eigenvalue weighted by molar-refractivity contribution is 14.1. The second kappa shape index (κ2) is 6.45. The molecule has 1 aliphatic carbocycles. The standard InChI is InChI=1S/C16H18INOS/c17-16-10-13-14(2-1-3-15(13)20-16)18-9-8-11-4-6-12(19)7-5-11/h4-7,10,14,18-19H,1-3,8-9H2. The third-order valence-corrected chi connectivity index (χ3v) is 5.80. The molecule has 0 bridgehead atoms. The molecule has 20 heavy (non-hydrogen) atoms. The lowest BCUT2D eigenvalue weighted by Crippen LogP contribution is -2.26. The molecule has 3 rings (SSSR count). The zero-order valence-electron chi connectivity index (χ0n) is 11.2. The fraction of sp³-hybridized carbons (Fsp3) is 0.375. The highest BCUT2D eigenvalue weighted by Gasteiger charge is 2.21. The number of hydrogen-bond donors (Lipinski definition) is 2. The molecule has 0 saturated carbocycles. The Kier molecular flexibility index (Phi) is 4.63. The van der Waals surface area contributed by atoms with E-state index in [9.17, 15) is 5.11 Å². The Morgan fingerprint density at radius 1 is 1.30 bits per heavy atom. The van der Waals surface area contributed by atoms with E-state index >= 15 is 0 Å². The normalized spacial score (nSPS) is 17.9. The molecule has 1 aromatic carbocycles. The summed E-state index contributed by atoms with van der Waals surface area (Å²) in [6.07, 6.45) is 4.79. The zero-order valence-corrected chi connectivity index (χ0v) is 14.2. The van der Waals surface area contributed by atoms with Gasteiger partial charge < -0.3 is 10.4 Å². The van der Waals surface area contributed by atoms with Crippen LogP contribution in [0, 0.1) is 2.88 Å². The van der Waals surface area contributed by atoms with Gasteiger partial charge in [-0.05, 0) is 84.1 Å². The fourth-order valence-electron chi connectivity index (χ4n) is 2.79. The molecule has 0 saturated heterocycles. The van der Waals surface area contributed by atoms with Crippen LogP contribution in [0.25, 0.3) is 0 Å². The Morgan fingerprint density at radius 2 is 2.10 bits per heavy atom. The summed E-state index contributed by atoms with van der Waals surface area (Å²) in [6, 6.07) is 10.4. The van der Waals surface area contributed by atoms with E-state index in [1.54, 1.807) is 17.0 Å². The summed E-state index contributed by atoms with van der Waals surface area (Å²) in [5.41, 5.74) is 2.79. The predicted molar refractivity (Wildman–Crippen MR) is 92.5 cm³/mol. The van der Waals surface area contributed by atoms with Gasteiger partial charge in [-0.25, -0.2) is 0 Å². The fourth-order valence-corrected chi connectivity index (χ4v) is 4.91. The molecule has 2 nitrogen and oxygen atoms in total. The third-order valence-electron chi connectivity index (χ3n) is 3.82. The molecule has 1 unspecified atom stereocenters. The van der Waals surface area contributed by atoms with Crippen LogP contribution >= 0.6 is 33.9 Å². The maximum atomic E-state index is 9.28. The molecule has 1 aromatic heterocycles. The van der Waals surface area contributed by atoms with Gasteiger partial charge in [-0.2, -0.15) is 0 Å². The summed E-state index contributed by atoms with van der Waals surface area (Å²) < 4.78 is 1.40. The topological polar surface area (TPSA) is 32.3 Å². The molecule has 0 spiro atoms. The highest BCUT2D eigenvalue weighted by Crippen LogP contribution is 2.36. The molecule has 0 amide bonds. The summed E-state index contributed by atoms with van der Waals surface area (Å²) in [4.78, 5) is 1.57. The summed E-state index contributed by atoms with van der Waals surface area (Å²) >= 11 is 4.37. The van der Waals surface area contributed by atoms with Gasteiger partial charge in [0.15, 0.2) is 0 Å². The first-order valence-electron chi connectivity index (χ1n) is 7.02. The Morgan fingerprint density at radius 3 is 2.90 bits per heavy atom. The SMILES string of the molecule is Oc1ccc(CCNC2CCCc3sc(I)cc32)cc1. The van der Waals surface area contributed by atoms with Crippen LogP contribution in [0.3, 0.4) is 0 Å². The first kappa shape index (κ1) is 14.4. The monoisotopic (exact) mass is 399 g/mol. The molecule has 1 aliphatic rings. The van der Waals surface area contributed by atoms with Crippen LogP contribution in [0.4, 0.5) is 0 Å². The number of aryl methyl sites for hydroxylation is 1. The molecule has 106 valence electrons. The van der Waals surface area contributed by atoms with Crippen LogP contribution in [0.15, 0.2) is 30.3 Å². The van der Waals surface area contributed by atoms with Crippen molar-refractivity contribution in [1.29, 1.82) is 0 Å². The van der Waals surface area contributed by atoms with Crippen LogP contribution in [0.1, 0.15) is 34.9 Å². The largest absolute Gasteiger partial charge is 0.508 e. The maximum Gasteiger partial charge on any atom is 0.115 e. The van der Waals surface area contributed by atoms with Crippen molar-refractivity contribution in [2.45, 2.75) is 31.7 Å². The van der Waals surface area contributed by atoms with Gasteiger partial charge >= 0.3 is 0 Å². The third kappa shape index (κ3) is 3.35. The van der Waals surface area contributed by atoms with E-state index in [2.05, 4.69) is 34.0 Å². The van der Waals surface area contributed by atoms with Crippen molar-refractivity contribution in [2.24, 2.45) is 0 Å². The summed E-state index contributed by atoms with van der Waals surface area (Å²) in [6.45, 7) is 0.987. The second-order valence-electron chi connectivity index (χ2n) is 5.24. The van der Waals surface area contributed by atoms with Gasteiger partial charge in [0.05, 0.1) is 2.88 Å². The lowest BCUT2D eigenvalue weighted by molar-refractivity contribution is 0.466. The van der Waals surface area contributed by atoms with Crippen LogP contribution in [0.2, 0.25) is 0 Å². The quantitative estimate of drug-likeness (QED) is 0.753. The number of nitrogens with one attached hydrogen (secondary N) is 1. The Bertz CT molecular complexity index is 579. The van der Waals surface area contributed by atoms with Crippen molar-refractivity contribution in [2.75, 3.05) is 6.54 Å². The van der Waals surface area contributed by atoms with E-state index in [-0.39, 0.29) is 0 Å². The Labute approximate surface area is 137 Å². The molecule has 1 heterocycles. The van der Waals surface area contributed by atoms with Crippen LogP contribution in [-0.4, -0.2) is 11.7 Å². The van der Waals surface area contributed by atoms with Crippen LogP contribution in [-0.2, 0) is 12.8 Å². The number of hydrogen-bond acceptors (Lipinski definition) is 3. The average molecular weight is 399 g/mol. The van der Waals surface area contributed by atoms with E-state index in [0.717, 1.165) is 13.0 Å². The maximum absolute atomic E-state index is 9.28. The summed E-state index contributed by atoms with van der Waals surface area (Å²) in [5, 5.41) is 13.0. The first-order chi connectivity index (χ1) is 9.72. The van der Waals surface area contributed by atoms with Crippen molar-refractivity contribution in [3.05, 3.63) is 49.2 Å². The first-order valence-corrected chi connectivity index (χ1v) is 8.91. The van der Waals surface area contributed by atoms with Crippen LogP contribution in [0.5, 0.6) is 5.75 Å². The lowest BCUT2D eigenvalue weighted by Gasteiger charge is -2.23. The number of phenolic OH excluding ortho intramolecular Hbond substituents is 1. The minimum Gasteiger partial charge on any atom is -0.508 e. The minimum absolute atomic E-state index is 0.339. The molecule has 2 N–H and O–H groups in total. The molecular weight excluding hydrogens is 381 g/mol. The van der Waals surface area contributed by atoms with Gasteiger partial charge in [0.25, 0.3) is 0 Å². The number of thiophene rings is 1. The van der Waals surface area contributed by atoms with E-state index in [0.29, 0.717) is 11.8 Å². The molecule has 0 radical (unpaired) electrons. The number of halogens is 1. The van der Waals surface area contributed by atoms with Crippen molar-refractivity contribution < 1.29 is 5.11 Å². The second-order valence-corrected chi connectivity index (χ2v) is 8.28. The van der Waals surface area contributed by atoms with E-state index < -0.39 is 0 Å². The van der Waals surface area contributed by atoms with E-state index in [1.165, 1.54) is 33.3 Å². The van der Waals surface area contributed by atoms with E-state index in [4.69, 9.17) is 0 Å². The van der Waals surface area contributed by atoms with E-state index in [1.807, 2.05) is 23.5 Å². The van der Waals surface area contributed by atoms with Gasteiger partial charge in [0, 0.05) is 10.9 Å². The van der Waals surface area contributed by atoms with Crippen molar-refractivity contribution in [3.8, 4) is 5.75 Å². The number of rotatable bonds is 4. The van der Waals surface area contributed by atoms with Gasteiger partial charge in [-0.3, -0.25) is 0 Å². The minimum atomic E-state index is 0.339. The number of benzene rings is 1. The van der Waals surface area contributed by atoms with Crippen molar-refractivity contribution in [1.82, 2.24) is 5.32 Å². The van der Waals surface area contributed by atoms with Crippen molar-refractivity contribution in [3.63, 3.8) is 0 Å². The Hall–Kier alpha value is -0.590. The molecule has 0 aliphatic heterocycles. The molecule has 4 heteroatoms. The smallest absolute Gasteiger partial charge is 0.115 e. The summed E-state index contributed by atoms with van der Waals surface area (Å²) in [7, 11) is 0. The Balaban J connectivity index is 1.58. The molecular formula is C16H18INOS. The lowest BCUT2D eigenvalue weighted by atomic mass is 9.94. The van der Waals surface area contributed by atoms with Gasteiger partial charge in [0.2, 0.25) is 0 Å². The predicted octanol–water partition coefficient (Wildman–Crippen LogP) is 4.27. The summed E-state index contributed by atoms with van der Waals surface area (Å²) in [5.74, 6) is 0.339. The zero-order chi connectivity index (χ0) is 13.9. The van der Waals surface area contributed by atoms with Crippen molar-refractivity contribution >= 4 is 33.9 Å². The number of fused-ring (bicyclic) bond motifs is 1. The van der Waals surface area contributed by atoms with Gasteiger partial charge in [-0.15, -0.1) is 11.3 Å².